The molecule has 4 aromatic rings. The van der Waals surface area contributed by atoms with Crippen LogP contribution < -0.4 is 5.32 Å². The van der Waals surface area contributed by atoms with Crippen molar-refractivity contribution in [2.45, 2.75) is 20.8 Å². The lowest BCUT2D eigenvalue weighted by atomic mass is 10.1. The van der Waals surface area contributed by atoms with Gasteiger partial charge in [0, 0.05) is 21.8 Å². The van der Waals surface area contributed by atoms with E-state index in [1.165, 1.54) is 0 Å². The molecule has 4 nitrogen and oxygen atoms in total. The zero-order chi connectivity index (χ0) is 19.8. The summed E-state index contributed by atoms with van der Waals surface area (Å²) in [6, 6.07) is 16.9. The second-order valence-electron chi connectivity index (χ2n) is 6.94. The van der Waals surface area contributed by atoms with Gasteiger partial charge in [0.15, 0.2) is 5.58 Å². The molecule has 4 rings (SSSR count). The molecule has 1 amide bonds. The van der Waals surface area contributed by atoms with Crippen molar-refractivity contribution in [3.05, 3.63) is 81.9 Å². The summed E-state index contributed by atoms with van der Waals surface area (Å²) in [5, 5.41) is 3.53. The normalized spacial score (nSPS) is 11.0. The summed E-state index contributed by atoms with van der Waals surface area (Å²) in [5.74, 6) is 0.310. The number of anilines is 1. The molecule has 0 radical (unpaired) electrons. The van der Waals surface area contributed by atoms with Crippen LogP contribution >= 0.6 is 11.6 Å². The molecule has 0 aliphatic rings. The van der Waals surface area contributed by atoms with Crippen LogP contribution in [0.3, 0.4) is 0 Å². The van der Waals surface area contributed by atoms with Crippen molar-refractivity contribution in [2.75, 3.05) is 5.32 Å². The van der Waals surface area contributed by atoms with Gasteiger partial charge >= 0.3 is 0 Å². The number of halogens is 1. The Bertz CT molecular complexity index is 1210. The summed E-state index contributed by atoms with van der Waals surface area (Å²) in [5.41, 5.74) is 6.58. The Morgan fingerprint density at radius 3 is 2.54 bits per heavy atom. The summed E-state index contributed by atoms with van der Waals surface area (Å²) in [6.07, 6.45) is 0. The summed E-state index contributed by atoms with van der Waals surface area (Å²) >= 11 is 6.15. The van der Waals surface area contributed by atoms with E-state index in [2.05, 4.69) is 10.3 Å². The fourth-order valence-corrected chi connectivity index (χ4v) is 3.16. The van der Waals surface area contributed by atoms with Gasteiger partial charge in [0.25, 0.3) is 5.91 Å². The number of rotatable bonds is 3. The molecular weight excluding hydrogens is 372 g/mol. The Labute approximate surface area is 168 Å². The first-order valence-corrected chi connectivity index (χ1v) is 9.34. The molecule has 0 fully saturated rings. The van der Waals surface area contributed by atoms with Crippen molar-refractivity contribution >= 4 is 34.3 Å². The van der Waals surface area contributed by atoms with Crippen molar-refractivity contribution in [1.82, 2.24) is 4.98 Å². The average molecular weight is 391 g/mol. The van der Waals surface area contributed by atoms with Gasteiger partial charge in [-0.05, 0) is 73.9 Å². The molecule has 1 heterocycles. The van der Waals surface area contributed by atoms with Crippen molar-refractivity contribution in [2.24, 2.45) is 0 Å². The van der Waals surface area contributed by atoms with Crippen LogP contribution in [0.5, 0.6) is 0 Å². The average Bonchev–Trinajstić information content (AvgIpc) is 3.08. The molecule has 0 saturated heterocycles. The van der Waals surface area contributed by atoms with Crippen molar-refractivity contribution in [1.29, 1.82) is 0 Å². The van der Waals surface area contributed by atoms with Gasteiger partial charge < -0.3 is 9.73 Å². The third kappa shape index (κ3) is 3.51. The van der Waals surface area contributed by atoms with E-state index in [-0.39, 0.29) is 5.91 Å². The van der Waals surface area contributed by atoms with Gasteiger partial charge in [-0.3, -0.25) is 4.79 Å². The number of benzene rings is 3. The molecule has 1 N–H and O–H groups in total. The van der Waals surface area contributed by atoms with E-state index in [1.54, 1.807) is 12.1 Å². The predicted molar refractivity (Wildman–Crippen MR) is 113 cm³/mol. The maximum atomic E-state index is 12.6. The van der Waals surface area contributed by atoms with Crippen LogP contribution in [0.1, 0.15) is 27.0 Å². The quantitative estimate of drug-likeness (QED) is 0.445. The highest BCUT2D eigenvalue weighted by Crippen LogP contribution is 2.29. The lowest BCUT2D eigenvalue weighted by Gasteiger charge is -2.10. The lowest BCUT2D eigenvalue weighted by molar-refractivity contribution is 0.102. The highest BCUT2D eigenvalue weighted by atomic mass is 35.5. The molecule has 3 aromatic carbocycles. The number of amides is 1. The summed E-state index contributed by atoms with van der Waals surface area (Å²) in [7, 11) is 0. The van der Waals surface area contributed by atoms with Crippen molar-refractivity contribution in [3.63, 3.8) is 0 Å². The molecule has 0 spiro atoms. The Balaban J connectivity index is 1.66. The Morgan fingerprint density at radius 2 is 1.75 bits per heavy atom. The molecule has 0 bridgehead atoms. The Hall–Kier alpha value is -3.11. The smallest absolute Gasteiger partial charge is 0.255 e. The van der Waals surface area contributed by atoms with E-state index in [9.17, 15) is 4.79 Å². The number of hydrogen-bond acceptors (Lipinski definition) is 3. The maximum Gasteiger partial charge on any atom is 0.255 e. The fraction of sp³-hybridized carbons (Fsp3) is 0.130. The second kappa shape index (κ2) is 7.13. The molecule has 0 saturated carbocycles. The van der Waals surface area contributed by atoms with E-state index in [0.717, 1.165) is 33.4 Å². The minimum atomic E-state index is -0.213. The summed E-state index contributed by atoms with van der Waals surface area (Å²) in [6.45, 7) is 5.86. The Kier molecular flexibility index (Phi) is 4.65. The highest BCUT2D eigenvalue weighted by molar-refractivity contribution is 6.31. The number of carbonyl (C=O) groups excluding carboxylic acids is 1. The molecule has 0 aliphatic carbocycles. The van der Waals surface area contributed by atoms with Gasteiger partial charge in [-0.2, -0.15) is 0 Å². The zero-order valence-electron chi connectivity index (χ0n) is 15.8. The largest absolute Gasteiger partial charge is 0.436 e. The van der Waals surface area contributed by atoms with Crippen LogP contribution in [0.25, 0.3) is 22.6 Å². The SMILES string of the molecule is Cc1ccc2oc(-c3ccc(C)c(NC(=O)c4ccc(C)c(Cl)c4)c3)nc2c1. The van der Waals surface area contributed by atoms with E-state index < -0.39 is 0 Å². The zero-order valence-corrected chi connectivity index (χ0v) is 16.6. The van der Waals surface area contributed by atoms with Gasteiger partial charge in [0.1, 0.15) is 5.52 Å². The molecular formula is C23H19ClN2O2. The molecule has 140 valence electrons. The van der Waals surface area contributed by atoms with Crippen molar-refractivity contribution < 1.29 is 9.21 Å². The second-order valence-corrected chi connectivity index (χ2v) is 7.35. The Morgan fingerprint density at radius 1 is 0.964 bits per heavy atom. The van der Waals surface area contributed by atoms with E-state index in [0.29, 0.717) is 22.2 Å². The predicted octanol–water partition coefficient (Wildman–Crippen LogP) is 6.33. The number of oxazole rings is 1. The maximum absolute atomic E-state index is 12.6. The topological polar surface area (TPSA) is 55.1 Å². The number of hydrogen-bond donors (Lipinski definition) is 1. The number of carbonyl (C=O) groups is 1. The molecule has 0 unspecified atom stereocenters. The minimum Gasteiger partial charge on any atom is -0.436 e. The third-order valence-corrected chi connectivity index (χ3v) is 5.12. The number of fused-ring (bicyclic) bond motifs is 1. The number of aryl methyl sites for hydroxylation is 3. The lowest BCUT2D eigenvalue weighted by Crippen LogP contribution is -2.13. The van der Waals surface area contributed by atoms with Gasteiger partial charge in [-0.25, -0.2) is 4.98 Å². The van der Waals surface area contributed by atoms with Crippen LogP contribution in [0.4, 0.5) is 5.69 Å². The van der Waals surface area contributed by atoms with Crippen LogP contribution in [-0.2, 0) is 0 Å². The van der Waals surface area contributed by atoms with E-state index in [1.807, 2.05) is 63.2 Å². The summed E-state index contributed by atoms with van der Waals surface area (Å²) < 4.78 is 5.88. The molecule has 28 heavy (non-hydrogen) atoms. The highest BCUT2D eigenvalue weighted by Gasteiger charge is 2.13. The first-order chi connectivity index (χ1) is 13.4. The van der Waals surface area contributed by atoms with Crippen molar-refractivity contribution in [3.8, 4) is 11.5 Å². The van der Waals surface area contributed by atoms with Crippen LogP contribution in [-0.4, -0.2) is 10.9 Å². The van der Waals surface area contributed by atoms with Gasteiger partial charge in [-0.1, -0.05) is 29.8 Å². The van der Waals surface area contributed by atoms with Crippen LogP contribution in [0, 0.1) is 20.8 Å². The van der Waals surface area contributed by atoms with Gasteiger partial charge in [0.05, 0.1) is 0 Å². The van der Waals surface area contributed by atoms with Crippen LogP contribution in [0.15, 0.2) is 59.0 Å². The van der Waals surface area contributed by atoms with Gasteiger partial charge in [-0.15, -0.1) is 0 Å². The first kappa shape index (κ1) is 18.3. The molecule has 0 atom stereocenters. The molecule has 0 aliphatic heterocycles. The monoisotopic (exact) mass is 390 g/mol. The number of aromatic nitrogens is 1. The molecule has 5 heteroatoms. The fourth-order valence-electron chi connectivity index (χ4n) is 2.98. The first-order valence-electron chi connectivity index (χ1n) is 8.96. The third-order valence-electron chi connectivity index (χ3n) is 4.71. The minimum absolute atomic E-state index is 0.213. The number of nitrogens with zero attached hydrogens (tertiary/aromatic N) is 1. The number of nitrogens with one attached hydrogen (secondary N) is 1. The van der Waals surface area contributed by atoms with Gasteiger partial charge in [0.2, 0.25) is 5.89 Å². The standard InChI is InChI=1S/C23H19ClN2O2/c1-13-4-9-21-20(10-13)26-23(28-21)17-8-6-15(3)19(12-17)25-22(27)16-7-5-14(2)18(24)11-16/h4-12H,1-3H3,(H,25,27). The molecule has 1 aromatic heterocycles. The van der Waals surface area contributed by atoms with E-state index in [4.69, 9.17) is 16.0 Å². The van der Waals surface area contributed by atoms with E-state index >= 15 is 0 Å². The summed E-state index contributed by atoms with van der Waals surface area (Å²) in [4.78, 5) is 17.2. The van der Waals surface area contributed by atoms with Crippen LogP contribution in [0.2, 0.25) is 5.02 Å².